The zero-order valence-corrected chi connectivity index (χ0v) is 16.2. The van der Waals surface area contributed by atoms with Gasteiger partial charge in [-0.15, -0.1) is 0 Å². The highest BCUT2D eigenvalue weighted by molar-refractivity contribution is 5.89. The van der Waals surface area contributed by atoms with Crippen molar-refractivity contribution in [3.05, 3.63) is 35.9 Å². The van der Waals surface area contributed by atoms with Crippen molar-refractivity contribution in [1.29, 1.82) is 0 Å². The highest BCUT2D eigenvalue weighted by Gasteiger charge is 2.27. The van der Waals surface area contributed by atoms with E-state index >= 15 is 0 Å². The molecule has 0 aliphatic rings. The van der Waals surface area contributed by atoms with Crippen LogP contribution in [0.3, 0.4) is 0 Å². The van der Waals surface area contributed by atoms with Crippen LogP contribution in [-0.4, -0.2) is 35.2 Å². The molecule has 0 spiro atoms. The molecule has 1 aromatic carbocycles. The summed E-state index contributed by atoms with van der Waals surface area (Å²) >= 11 is 0. The van der Waals surface area contributed by atoms with Crippen LogP contribution in [0.2, 0.25) is 0 Å². The molecule has 0 fully saturated rings. The van der Waals surface area contributed by atoms with Gasteiger partial charge in [-0.3, -0.25) is 4.79 Å². The van der Waals surface area contributed by atoms with Crippen molar-refractivity contribution >= 4 is 18.0 Å². The van der Waals surface area contributed by atoms with Gasteiger partial charge in [-0.25, -0.2) is 9.59 Å². The molecular weight excluding hydrogens is 348 g/mol. The largest absolute Gasteiger partial charge is 0.480 e. The van der Waals surface area contributed by atoms with Crippen molar-refractivity contribution in [3.63, 3.8) is 0 Å². The van der Waals surface area contributed by atoms with Gasteiger partial charge >= 0.3 is 12.1 Å². The Bertz CT molecular complexity index is 604. The van der Waals surface area contributed by atoms with E-state index < -0.39 is 30.1 Å². The van der Waals surface area contributed by atoms with Crippen LogP contribution >= 0.6 is 0 Å². The summed E-state index contributed by atoms with van der Waals surface area (Å²) in [5.41, 5.74) is 0.836. The first-order chi connectivity index (χ1) is 12.8. The van der Waals surface area contributed by atoms with Gasteiger partial charge < -0.3 is 20.5 Å². The number of ether oxygens (including phenoxy) is 1. The lowest BCUT2D eigenvalue weighted by Gasteiger charge is -2.22. The van der Waals surface area contributed by atoms with Gasteiger partial charge in [-0.2, -0.15) is 0 Å². The van der Waals surface area contributed by atoms with E-state index in [1.54, 1.807) is 0 Å². The van der Waals surface area contributed by atoms with Crippen LogP contribution in [-0.2, 0) is 20.9 Å². The van der Waals surface area contributed by atoms with Crippen LogP contribution in [0.4, 0.5) is 4.79 Å². The zero-order chi connectivity index (χ0) is 20.2. The first kappa shape index (κ1) is 22.5. The molecule has 0 saturated heterocycles. The minimum absolute atomic E-state index is 0.0942. The molecule has 2 atom stereocenters. The summed E-state index contributed by atoms with van der Waals surface area (Å²) in [5, 5.41) is 14.4. The number of rotatable bonds is 11. The van der Waals surface area contributed by atoms with Gasteiger partial charge in [0.15, 0.2) is 0 Å². The third-order valence-electron chi connectivity index (χ3n) is 3.99. The molecule has 0 aliphatic carbocycles. The minimum Gasteiger partial charge on any atom is -0.480 e. The molecule has 0 saturated carbocycles. The molecule has 3 N–H and O–H groups in total. The van der Waals surface area contributed by atoms with Gasteiger partial charge in [0, 0.05) is 0 Å². The average molecular weight is 378 g/mol. The van der Waals surface area contributed by atoms with Crippen molar-refractivity contribution in [3.8, 4) is 0 Å². The predicted molar refractivity (Wildman–Crippen MR) is 102 cm³/mol. The van der Waals surface area contributed by atoms with E-state index in [2.05, 4.69) is 10.6 Å². The fourth-order valence-electron chi connectivity index (χ4n) is 2.55. The molecular formula is C20H30N2O5. The number of aliphatic carboxylic acids is 1. The van der Waals surface area contributed by atoms with Crippen molar-refractivity contribution in [2.75, 3.05) is 0 Å². The Balaban J connectivity index is 2.65. The monoisotopic (exact) mass is 378 g/mol. The molecule has 27 heavy (non-hydrogen) atoms. The fourth-order valence-corrected chi connectivity index (χ4v) is 2.55. The number of unbranched alkanes of at least 4 members (excludes halogenated alkanes) is 1. The van der Waals surface area contributed by atoms with Gasteiger partial charge in [0.25, 0.3) is 0 Å². The molecule has 7 nitrogen and oxygen atoms in total. The van der Waals surface area contributed by atoms with Crippen LogP contribution < -0.4 is 10.6 Å². The maximum atomic E-state index is 12.5. The number of carboxylic acid groups (broad SMARTS) is 1. The summed E-state index contributed by atoms with van der Waals surface area (Å²) < 4.78 is 5.16. The van der Waals surface area contributed by atoms with Crippen LogP contribution in [0.5, 0.6) is 0 Å². The lowest BCUT2D eigenvalue weighted by Crippen LogP contribution is -2.52. The van der Waals surface area contributed by atoms with Crippen molar-refractivity contribution in [2.45, 2.75) is 65.1 Å². The molecule has 1 aromatic rings. The molecule has 0 aliphatic heterocycles. The Morgan fingerprint density at radius 2 is 1.74 bits per heavy atom. The number of carbonyl (C=O) groups is 3. The van der Waals surface area contributed by atoms with Crippen molar-refractivity contribution in [2.24, 2.45) is 5.92 Å². The third-order valence-corrected chi connectivity index (χ3v) is 3.99. The summed E-state index contributed by atoms with van der Waals surface area (Å²) in [4.78, 5) is 35.9. The van der Waals surface area contributed by atoms with Gasteiger partial charge in [0.05, 0.1) is 0 Å². The van der Waals surface area contributed by atoms with Crippen molar-refractivity contribution < 1.29 is 24.2 Å². The highest BCUT2D eigenvalue weighted by atomic mass is 16.5. The molecule has 7 heteroatoms. The second kappa shape index (κ2) is 11.9. The molecule has 150 valence electrons. The van der Waals surface area contributed by atoms with Crippen LogP contribution in [0, 0.1) is 5.92 Å². The Kier molecular flexibility index (Phi) is 9.93. The van der Waals surface area contributed by atoms with Gasteiger partial charge in [0.2, 0.25) is 5.91 Å². The molecule has 0 radical (unpaired) electrons. The number of carboxylic acids is 1. The molecule has 0 bridgehead atoms. The van der Waals surface area contributed by atoms with E-state index in [9.17, 15) is 19.5 Å². The number of hydrogen-bond acceptors (Lipinski definition) is 4. The quantitative estimate of drug-likeness (QED) is 0.549. The third kappa shape index (κ3) is 9.08. The first-order valence-electron chi connectivity index (χ1n) is 9.33. The maximum Gasteiger partial charge on any atom is 0.408 e. The zero-order valence-electron chi connectivity index (χ0n) is 16.2. The second-order valence-electron chi connectivity index (χ2n) is 6.93. The molecule has 2 amide bonds. The van der Waals surface area contributed by atoms with Crippen LogP contribution in [0.1, 0.15) is 52.0 Å². The average Bonchev–Trinajstić information content (AvgIpc) is 2.63. The molecule has 1 rings (SSSR count). The topological polar surface area (TPSA) is 105 Å². The summed E-state index contributed by atoms with van der Waals surface area (Å²) in [6.45, 7) is 5.88. The van der Waals surface area contributed by atoms with E-state index in [0.717, 1.165) is 12.0 Å². The number of amides is 2. The summed E-state index contributed by atoms with van der Waals surface area (Å²) in [6, 6.07) is 7.39. The van der Waals surface area contributed by atoms with E-state index in [0.29, 0.717) is 19.3 Å². The standard InChI is InChI=1S/C20H30N2O5/c1-4-5-11-16(19(24)25)21-18(23)17(12-14(2)3)22-20(26)27-13-15-9-7-6-8-10-15/h6-10,14,16-17H,4-5,11-13H2,1-3H3,(H,21,23)(H,22,26)(H,24,25)/t16-,17-/m0/s1. The predicted octanol–water partition coefficient (Wildman–Crippen LogP) is 3.09. The lowest BCUT2D eigenvalue weighted by molar-refractivity contribution is -0.142. The number of benzene rings is 1. The summed E-state index contributed by atoms with van der Waals surface area (Å²) in [7, 11) is 0. The van der Waals surface area contributed by atoms with E-state index in [-0.39, 0.29) is 12.5 Å². The number of carbonyl (C=O) groups excluding carboxylic acids is 2. The van der Waals surface area contributed by atoms with Gasteiger partial charge in [-0.1, -0.05) is 63.9 Å². The molecule has 0 aromatic heterocycles. The first-order valence-corrected chi connectivity index (χ1v) is 9.33. The Labute approximate surface area is 160 Å². The Morgan fingerprint density at radius 1 is 1.07 bits per heavy atom. The molecule has 0 unspecified atom stereocenters. The summed E-state index contributed by atoms with van der Waals surface area (Å²) in [6.07, 6.45) is 1.55. The number of alkyl carbamates (subject to hydrolysis) is 1. The van der Waals surface area contributed by atoms with E-state index in [4.69, 9.17) is 4.74 Å². The fraction of sp³-hybridized carbons (Fsp3) is 0.550. The normalized spacial score (nSPS) is 12.9. The van der Waals surface area contributed by atoms with E-state index in [1.807, 2.05) is 51.1 Å². The van der Waals surface area contributed by atoms with E-state index in [1.165, 1.54) is 0 Å². The maximum absolute atomic E-state index is 12.5. The molecule has 0 heterocycles. The SMILES string of the molecule is CCCC[C@H](NC(=O)[C@H](CC(C)C)NC(=O)OCc1ccccc1)C(=O)O. The Hall–Kier alpha value is -2.57. The second-order valence-corrected chi connectivity index (χ2v) is 6.93. The summed E-state index contributed by atoms with van der Waals surface area (Å²) in [5.74, 6) is -1.45. The lowest BCUT2D eigenvalue weighted by atomic mass is 10.0. The van der Waals surface area contributed by atoms with Crippen molar-refractivity contribution in [1.82, 2.24) is 10.6 Å². The highest BCUT2D eigenvalue weighted by Crippen LogP contribution is 2.08. The van der Waals surface area contributed by atoms with Gasteiger partial charge in [0.1, 0.15) is 18.7 Å². The number of hydrogen-bond donors (Lipinski definition) is 3. The van der Waals surface area contributed by atoms with Crippen LogP contribution in [0.25, 0.3) is 0 Å². The van der Waals surface area contributed by atoms with Crippen LogP contribution in [0.15, 0.2) is 30.3 Å². The minimum atomic E-state index is -1.08. The van der Waals surface area contributed by atoms with Gasteiger partial charge in [-0.05, 0) is 24.3 Å². The number of nitrogens with one attached hydrogen (secondary N) is 2. The Morgan fingerprint density at radius 3 is 2.30 bits per heavy atom. The smallest absolute Gasteiger partial charge is 0.408 e.